The molecule has 0 saturated heterocycles. The highest BCUT2D eigenvalue weighted by Crippen LogP contribution is 2.09. The van der Waals surface area contributed by atoms with E-state index in [-0.39, 0.29) is 6.42 Å². The van der Waals surface area contributed by atoms with Crippen LogP contribution < -0.4 is 5.32 Å². The van der Waals surface area contributed by atoms with E-state index in [0.29, 0.717) is 6.54 Å². The lowest BCUT2D eigenvalue weighted by molar-refractivity contribution is -0.136. The number of aliphatic carboxylic acids is 1. The lowest BCUT2D eigenvalue weighted by Gasteiger charge is -2.09. The molecular formula is C16H18N2O2. The summed E-state index contributed by atoms with van der Waals surface area (Å²) in [6.07, 6.45) is 4.61. The molecule has 0 amide bonds. The van der Waals surface area contributed by atoms with E-state index in [9.17, 15) is 4.79 Å². The predicted octanol–water partition coefficient (Wildman–Crippen LogP) is 2.04. The molecule has 2 N–H and O–H groups in total. The van der Waals surface area contributed by atoms with E-state index in [2.05, 4.69) is 10.3 Å². The van der Waals surface area contributed by atoms with E-state index in [0.717, 1.165) is 24.1 Å². The molecule has 0 spiro atoms. The molecule has 0 fully saturated rings. The van der Waals surface area contributed by atoms with Crippen LogP contribution in [0.2, 0.25) is 0 Å². The van der Waals surface area contributed by atoms with Gasteiger partial charge in [-0.15, -0.1) is 0 Å². The number of carboxylic acid groups (broad SMARTS) is 1. The van der Waals surface area contributed by atoms with Crippen LogP contribution in [-0.4, -0.2) is 22.6 Å². The minimum atomic E-state index is -0.798. The van der Waals surface area contributed by atoms with Crippen LogP contribution >= 0.6 is 0 Å². The van der Waals surface area contributed by atoms with Gasteiger partial charge >= 0.3 is 5.97 Å². The van der Waals surface area contributed by atoms with Crippen molar-refractivity contribution in [3.63, 3.8) is 0 Å². The van der Waals surface area contributed by atoms with Crippen molar-refractivity contribution in [1.29, 1.82) is 0 Å². The summed E-state index contributed by atoms with van der Waals surface area (Å²) in [4.78, 5) is 14.9. The maximum atomic E-state index is 10.8. The topological polar surface area (TPSA) is 62.2 Å². The minimum absolute atomic E-state index is 0.0699. The zero-order valence-electron chi connectivity index (χ0n) is 11.2. The Morgan fingerprint density at radius 2 is 1.95 bits per heavy atom. The molecular weight excluding hydrogens is 252 g/mol. The Morgan fingerprint density at radius 1 is 1.15 bits per heavy atom. The molecule has 0 atom stereocenters. The Bertz CT molecular complexity index is 555. The Hall–Kier alpha value is -2.20. The second-order valence-electron chi connectivity index (χ2n) is 4.63. The van der Waals surface area contributed by atoms with Crippen LogP contribution in [0.15, 0.2) is 48.8 Å². The molecule has 1 aromatic heterocycles. The fraction of sp³-hybridized carbons (Fsp3) is 0.250. The first kappa shape index (κ1) is 14.2. The molecule has 2 rings (SSSR count). The van der Waals surface area contributed by atoms with Crippen LogP contribution in [0.1, 0.15) is 16.7 Å². The van der Waals surface area contributed by atoms with E-state index < -0.39 is 5.97 Å². The number of carboxylic acids is 1. The van der Waals surface area contributed by atoms with Gasteiger partial charge in [0.15, 0.2) is 0 Å². The molecule has 0 saturated carbocycles. The summed E-state index contributed by atoms with van der Waals surface area (Å²) < 4.78 is 0. The summed E-state index contributed by atoms with van der Waals surface area (Å²) in [5, 5.41) is 12.2. The Morgan fingerprint density at radius 3 is 2.65 bits per heavy atom. The third-order valence-electron chi connectivity index (χ3n) is 3.09. The van der Waals surface area contributed by atoms with Crippen molar-refractivity contribution in [2.75, 3.05) is 6.54 Å². The maximum absolute atomic E-state index is 10.8. The summed E-state index contributed by atoms with van der Waals surface area (Å²) in [5.41, 5.74) is 3.11. The van der Waals surface area contributed by atoms with Gasteiger partial charge in [-0.3, -0.25) is 9.78 Å². The van der Waals surface area contributed by atoms with Crippen LogP contribution in [0.3, 0.4) is 0 Å². The predicted molar refractivity (Wildman–Crippen MR) is 77.4 cm³/mol. The van der Waals surface area contributed by atoms with Crippen LogP contribution in [0.4, 0.5) is 0 Å². The number of aromatic nitrogens is 1. The van der Waals surface area contributed by atoms with Crippen LogP contribution in [0, 0.1) is 0 Å². The largest absolute Gasteiger partial charge is 0.481 e. The van der Waals surface area contributed by atoms with Gasteiger partial charge in [-0.2, -0.15) is 0 Å². The summed E-state index contributed by atoms with van der Waals surface area (Å²) in [6.45, 7) is 1.52. The third kappa shape index (κ3) is 4.48. The Kier molecular flexibility index (Phi) is 5.26. The second kappa shape index (κ2) is 7.40. The lowest BCUT2D eigenvalue weighted by atomic mass is 10.0. The fourth-order valence-electron chi connectivity index (χ4n) is 2.07. The standard InChI is InChI=1S/C16H18N2O2/c19-16(20)10-14-5-1-2-6-15(14)12-18-9-7-13-4-3-8-17-11-13/h1-6,8,11,18H,7,9-10,12H2,(H,19,20). The summed E-state index contributed by atoms with van der Waals surface area (Å²) in [5.74, 6) is -0.798. The molecule has 1 aromatic carbocycles. The Labute approximate surface area is 118 Å². The van der Waals surface area contributed by atoms with E-state index in [4.69, 9.17) is 5.11 Å². The SMILES string of the molecule is O=C(O)Cc1ccccc1CNCCc1cccnc1. The number of rotatable bonds is 7. The van der Waals surface area contributed by atoms with E-state index in [1.165, 1.54) is 5.56 Å². The summed E-state index contributed by atoms with van der Waals surface area (Å²) in [6, 6.07) is 11.6. The maximum Gasteiger partial charge on any atom is 0.307 e. The molecule has 0 radical (unpaired) electrons. The van der Waals surface area contributed by atoms with Crippen LogP contribution in [-0.2, 0) is 24.2 Å². The minimum Gasteiger partial charge on any atom is -0.481 e. The van der Waals surface area contributed by atoms with Crippen molar-refractivity contribution in [2.45, 2.75) is 19.4 Å². The first-order valence-corrected chi connectivity index (χ1v) is 6.64. The number of benzene rings is 1. The zero-order valence-corrected chi connectivity index (χ0v) is 11.2. The van der Waals surface area contributed by atoms with Gasteiger partial charge in [-0.05, 0) is 35.7 Å². The third-order valence-corrected chi connectivity index (χ3v) is 3.09. The quantitative estimate of drug-likeness (QED) is 0.756. The second-order valence-corrected chi connectivity index (χ2v) is 4.63. The smallest absolute Gasteiger partial charge is 0.307 e. The molecule has 104 valence electrons. The van der Waals surface area contributed by atoms with Gasteiger partial charge in [-0.1, -0.05) is 30.3 Å². The first-order valence-electron chi connectivity index (χ1n) is 6.64. The molecule has 20 heavy (non-hydrogen) atoms. The van der Waals surface area contributed by atoms with Gasteiger partial charge in [0, 0.05) is 18.9 Å². The molecule has 4 nitrogen and oxygen atoms in total. The number of hydrogen-bond donors (Lipinski definition) is 2. The van der Waals surface area contributed by atoms with Gasteiger partial charge in [0.2, 0.25) is 0 Å². The number of nitrogens with zero attached hydrogens (tertiary/aromatic N) is 1. The molecule has 0 aliphatic heterocycles. The molecule has 0 aliphatic rings. The normalized spacial score (nSPS) is 10.4. The lowest BCUT2D eigenvalue weighted by Crippen LogP contribution is -2.18. The number of pyridine rings is 1. The van der Waals surface area contributed by atoms with Gasteiger partial charge in [-0.25, -0.2) is 0 Å². The monoisotopic (exact) mass is 270 g/mol. The van der Waals surface area contributed by atoms with E-state index in [1.807, 2.05) is 42.6 Å². The molecule has 1 heterocycles. The first-order chi connectivity index (χ1) is 9.75. The van der Waals surface area contributed by atoms with Crippen molar-refractivity contribution in [1.82, 2.24) is 10.3 Å². The van der Waals surface area contributed by atoms with Crippen molar-refractivity contribution < 1.29 is 9.90 Å². The van der Waals surface area contributed by atoms with E-state index in [1.54, 1.807) is 6.20 Å². The average molecular weight is 270 g/mol. The molecule has 2 aromatic rings. The Balaban J connectivity index is 1.83. The van der Waals surface area contributed by atoms with Gasteiger partial charge in [0.25, 0.3) is 0 Å². The summed E-state index contributed by atoms with van der Waals surface area (Å²) >= 11 is 0. The van der Waals surface area contributed by atoms with Crippen molar-refractivity contribution in [2.24, 2.45) is 0 Å². The molecule has 0 unspecified atom stereocenters. The van der Waals surface area contributed by atoms with Crippen molar-refractivity contribution in [3.05, 3.63) is 65.5 Å². The number of nitrogens with one attached hydrogen (secondary N) is 1. The van der Waals surface area contributed by atoms with Crippen molar-refractivity contribution >= 4 is 5.97 Å². The average Bonchev–Trinajstić information content (AvgIpc) is 2.46. The molecule has 0 bridgehead atoms. The number of carbonyl (C=O) groups is 1. The van der Waals surface area contributed by atoms with Crippen LogP contribution in [0.5, 0.6) is 0 Å². The van der Waals surface area contributed by atoms with Gasteiger partial charge in [0.1, 0.15) is 0 Å². The van der Waals surface area contributed by atoms with Gasteiger partial charge < -0.3 is 10.4 Å². The van der Waals surface area contributed by atoms with E-state index >= 15 is 0 Å². The van der Waals surface area contributed by atoms with Crippen LogP contribution in [0.25, 0.3) is 0 Å². The zero-order chi connectivity index (χ0) is 14.2. The molecule has 4 heteroatoms. The van der Waals surface area contributed by atoms with Crippen molar-refractivity contribution in [3.8, 4) is 0 Å². The number of hydrogen-bond acceptors (Lipinski definition) is 3. The van der Waals surface area contributed by atoms with Gasteiger partial charge in [0.05, 0.1) is 6.42 Å². The molecule has 0 aliphatic carbocycles. The fourth-order valence-corrected chi connectivity index (χ4v) is 2.07. The highest BCUT2D eigenvalue weighted by molar-refractivity contribution is 5.70. The highest BCUT2D eigenvalue weighted by atomic mass is 16.4. The highest BCUT2D eigenvalue weighted by Gasteiger charge is 2.05. The summed E-state index contributed by atoms with van der Waals surface area (Å²) in [7, 11) is 0.